The molecule has 0 heterocycles. The molecular weight excluding hydrogens is 160 g/mol. The second kappa shape index (κ2) is 5.21. The zero-order chi connectivity index (χ0) is 9.68. The van der Waals surface area contributed by atoms with Crippen LogP contribution in [0.15, 0.2) is 11.6 Å². The van der Waals surface area contributed by atoms with Crippen LogP contribution < -0.4 is 0 Å². The number of ketones is 1. The Labute approximate surface area is 81.2 Å². The number of hydrogen-bond acceptors (Lipinski definition) is 1. The van der Waals surface area contributed by atoms with E-state index in [4.69, 9.17) is 0 Å². The van der Waals surface area contributed by atoms with Crippen LogP contribution >= 0.6 is 0 Å². The molecule has 0 bridgehead atoms. The second-order valence-electron chi connectivity index (χ2n) is 4.12. The number of Topliss-reactive ketones (excluding diaryl/α,β-unsaturated/α-hetero) is 1. The molecule has 0 aromatic heterocycles. The van der Waals surface area contributed by atoms with Gasteiger partial charge in [0.15, 0.2) is 5.78 Å². The molecule has 0 spiro atoms. The van der Waals surface area contributed by atoms with Crippen LogP contribution in [0, 0.1) is 5.92 Å². The number of rotatable bonds is 5. The SMILES string of the molecule is CCCC(C)CCC1=CCCC1=O. The minimum absolute atomic E-state index is 0.392. The first-order chi connectivity index (χ1) is 6.24. The topological polar surface area (TPSA) is 17.1 Å². The number of carbonyl (C=O) groups is 1. The van der Waals surface area contributed by atoms with Gasteiger partial charge < -0.3 is 0 Å². The number of allylic oxidation sites excluding steroid dienone is 2. The van der Waals surface area contributed by atoms with Crippen LogP contribution in [0.4, 0.5) is 0 Å². The molecule has 1 heteroatoms. The van der Waals surface area contributed by atoms with Crippen LogP contribution in [0.2, 0.25) is 0 Å². The zero-order valence-corrected chi connectivity index (χ0v) is 8.81. The molecule has 0 aromatic rings. The van der Waals surface area contributed by atoms with Crippen molar-refractivity contribution in [1.82, 2.24) is 0 Å². The first kappa shape index (κ1) is 10.5. The maximum atomic E-state index is 11.3. The lowest BCUT2D eigenvalue weighted by molar-refractivity contribution is -0.115. The van der Waals surface area contributed by atoms with E-state index in [1.807, 2.05) is 0 Å². The predicted molar refractivity (Wildman–Crippen MR) is 55.6 cm³/mol. The first-order valence-corrected chi connectivity index (χ1v) is 5.46. The Morgan fingerprint density at radius 3 is 2.77 bits per heavy atom. The predicted octanol–water partition coefficient (Wildman–Crippen LogP) is 3.49. The van der Waals surface area contributed by atoms with Crippen molar-refractivity contribution >= 4 is 5.78 Å². The highest BCUT2D eigenvalue weighted by molar-refractivity contribution is 5.97. The summed E-state index contributed by atoms with van der Waals surface area (Å²) in [6.07, 6.45) is 8.62. The van der Waals surface area contributed by atoms with E-state index in [2.05, 4.69) is 19.9 Å². The van der Waals surface area contributed by atoms with Crippen molar-refractivity contribution < 1.29 is 4.79 Å². The Hall–Kier alpha value is -0.590. The third-order valence-electron chi connectivity index (χ3n) is 2.81. The van der Waals surface area contributed by atoms with Crippen molar-refractivity contribution in [1.29, 1.82) is 0 Å². The van der Waals surface area contributed by atoms with Crippen LogP contribution in [0.1, 0.15) is 52.4 Å². The lowest BCUT2D eigenvalue weighted by Crippen LogP contribution is -1.99. The fourth-order valence-electron chi connectivity index (χ4n) is 1.93. The molecule has 0 fully saturated rings. The highest BCUT2D eigenvalue weighted by Crippen LogP contribution is 2.22. The van der Waals surface area contributed by atoms with Crippen molar-refractivity contribution in [2.75, 3.05) is 0 Å². The molecule has 0 amide bonds. The van der Waals surface area contributed by atoms with Gasteiger partial charge >= 0.3 is 0 Å². The summed E-state index contributed by atoms with van der Waals surface area (Å²) in [6.45, 7) is 4.50. The van der Waals surface area contributed by atoms with Gasteiger partial charge in [-0.05, 0) is 30.8 Å². The van der Waals surface area contributed by atoms with Crippen LogP contribution in [-0.2, 0) is 4.79 Å². The van der Waals surface area contributed by atoms with Crippen LogP contribution in [0.25, 0.3) is 0 Å². The van der Waals surface area contributed by atoms with E-state index < -0.39 is 0 Å². The minimum Gasteiger partial charge on any atom is -0.295 e. The van der Waals surface area contributed by atoms with Gasteiger partial charge in [0.2, 0.25) is 0 Å². The maximum absolute atomic E-state index is 11.3. The molecule has 0 aromatic carbocycles. The zero-order valence-electron chi connectivity index (χ0n) is 8.81. The normalized spacial score (nSPS) is 18.9. The van der Waals surface area contributed by atoms with E-state index in [1.54, 1.807) is 0 Å². The molecule has 1 aliphatic rings. The summed E-state index contributed by atoms with van der Waals surface area (Å²) in [5.41, 5.74) is 1.10. The Kier molecular flexibility index (Phi) is 4.20. The lowest BCUT2D eigenvalue weighted by atomic mass is 9.97. The monoisotopic (exact) mass is 180 g/mol. The summed E-state index contributed by atoms with van der Waals surface area (Å²) >= 11 is 0. The lowest BCUT2D eigenvalue weighted by Gasteiger charge is -2.09. The van der Waals surface area contributed by atoms with Crippen LogP contribution in [0.3, 0.4) is 0 Å². The first-order valence-electron chi connectivity index (χ1n) is 5.46. The minimum atomic E-state index is 0.392. The van der Waals surface area contributed by atoms with E-state index in [0.29, 0.717) is 5.78 Å². The van der Waals surface area contributed by atoms with Gasteiger partial charge in [-0.1, -0.05) is 32.8 Å². The third-order valence-corrected chi connectivity index (χ3v) is 2.81. The second-order valence-corrected chi connectivity index (χ2v) is 4.12. The Morgan fingerprint density at radius 1 is 1.46 bits per heavy atom. The van der Waals surface area contributed by atoms with Crippen molar-refractivity contribution in [3.63, 3.8) is 0 Å². The molecule has 1 atom stereocenters. The quantitative estimate of drug-likeness (QED) is 0.633. The average molecular weight is 180 g/mol. The summed E-state index contributed by atoms with van der Waals surface area (Å²) < 4.78 is 0. The van der Waals surface area contributed by atoms with Gasteiger partial charge in [0.25, 0.3) is 0 Å². The number of carbonyl (C=O) groups excluding carboxylic acids is 1. The molecule has 1 aliphatic carbocycles. The molecule has 13 heavy (non-hydrogen) atoms. The molecule has 1 rings (SSSR count). The summed E-state index contributed by atoms with van der Waals surface area (Å²) in [5.74, 6) is 1.17. The van der Waals surface area contributed by atoms with Crippen molar-refractivity contribution in [2.24, 2.45) is 5.92 Å². The number of hydrogen-bond donors (Lipinski definition) is 0. The van der Waals surface area contributed by atoms with Crippen molar-refractivity contribution in [2.45, 2.75) is 52.4 Å². The van der Waals surface area contributed by atoms with Gasteiger partial charge in [0.1, 0.15) is 0 Å². The summed E-state index contributed by atoms with van der Waals surface area (Å²) in [6, 6.07) is 0. The van der Waals surface area contributed by atoms with Crippen molar-refractivity contribution in [3.05, 3.63) is 11.6 Å². The fraction of sp³-hybridized carbons (Fsp3) is 0.750. The highest BCUT2D eigenvalue weighted by Gasteiger charge is 2.15. The molecule has 0 N–H and O–H groups in total. The van der Waals surface area contributed by atoms with Gasteiger partial charge in [-0.3, -0.25) is 4.79 Å². The van der Waals surface area contributed by atoms with E-state index >= 15 is 0 Å². The molecule has 0 radical (unpaired) electrons. The average Bonchev–Trinajstić information content (AvgIpc) is 2.48. The largest absolute Gasteiger partial charge is 0.295 e. The van der Waals surface area contributed by atoms with Gasteiger partial charge in [-0.25, -0.2) is 0 Å². The summed E-state index contributed by atoms with van der Waals surface area (Å²) in [7, 11) is 0. The smallest absolute Gasteiger partial charge is 0.158 e. The Morgan fingerprint density at radius 2 is 2.23 bits per heavy atom. The van der Waals surface area contributed by atoms with E-state index in [0.717, 1.165) is 30.8 Å². The van der Waals surface area contributed by atoms with Gasteiger partial charge in [-0.2, -0.15) is 0 Å². The molecule has 0 saturated carbocycles. The van der Waals surface area contributed by atoms with E-state index in [-0.39, 0.29) is 0 Å². The molecular formula is C12H20O. The Balaban J connectivity index is 2.22. The Bertz CT molecular complexity index is 203. The third kappa shape index (κ3) is 3.33. The van der Waals surface area contributed by atoms with Crippen molar-refractivity contribution in [3.8, 4) is 0 Å². The van der Waals surface area contributed by atoms with Gasteiger partial charge in [0.05, 0.1) is 0 Å². The fourth-order valence-corrected chi connectivity index (χ4v) is 1.93. The summed E-state index contributed by atoms with van der Waals surface area (Å²) in [4.78, 5) is 11.3. The summed E-state index contributed by atoms with van der Waals surface area (Å²) in [5, 5.41) is 0. The molecule has 74 valence electrons. The standard InChI is InChI=1S/C12H20O/c1-3-5-10(2)8-9-11-6-4-7-12(11)13/h6,10H,3-5,7-9H2,1-2H3. The van der Waals surface area contributed by atoms with Crippen LogP contribution in [0.5, 0.6) is 0 Å². The van der Waals surface area contributed by atoms with Gasteiger partial charge in [-0.15, -0.1) is 0 Å². The highest BCUT2D eigenvalue weighted by atomic mass is 16.1. The molecule has 1 nitrogen and oxygen atoms in total. The maximum Gasteiger partial charge on any atom is 0.158 e. The van der Waals surface area contributed by atoms with Gasteiger partial charge in [0, 0.05) is 6.42 Å². The van der Waals surface area contributed by atoms with Crippen LogP contribution in [-0.4, -0.2) is 5.78 Å². The molecule has 1 unspecified atom stereocenters. The molecule has 0 saturated heterocycles. The molecule has 0 aliphatic heterocycles. The van der Waals surface area contributed by atoms with E-state index in [1.165, 1.54) is 19.3 Å². The van der Waals surface area contributed by atoms with E-state index in [9.17, 15) is 4.79 Å².